The summed E-state index contributed by atoms with van der Waals surface area (Å²) in [4.78, 5) is 12.4. The third-order valence-electron chi connectivity index (χ3n) is 3.21. The second-order valence-corrected chi connectivity index (χ2v) is 7.87. The van der Waals surface area contributed by atoms with Crippen molar-refractivity contribution in [2.45, 2.75) is 20.0 Å². The van der Waals surface area contributed by atoms with Crippen LogP contribution in [0.3, 0.4) is 0 Å². The number of hydrogen-bond donors (Lipinski definition) is 1. The minimum atomic E-state index is -0.0836. The zero-order valence-corrected chi connectivity index (χ0v) is 15.5. The van der Waals surface area contributed by atoms with E-state index in [-0.39, 0.29) is 5.91 Å². The molecule has 0 spiro atoms. The van der Waals surface area contributed by atoms with Crippen molar-refractivity contribution >= 4 is 27.5 Å². The first-order valence-corrected chi connectivity index (χ1v) is 10.6. The summed E-state index contributed by atoms with van der Waals surface area (Å²) in [6, 6.07) is 17.3. The Labute approximate surface area is 152 Å². The van der Waals surface area contributed by atoms with Crippen LogP contribution in [0.15, 0.2) is 54.6 Å². The van der Waals surface area contributed by atoms with Gasteiger partial charge in [0.15, 0.2) is 0 Å². The van der Waals surface area contributed by atoms with Crippen molar-refractivity contribution in [3.63, 3.8) is 0 Å². The summed E-state index contributed by atoms with van der Waals surface area (Å²) in [7, 11) is 3.65. The zero-order valence-electron chi connectivity index (χ0n) is 13.9. The number of rotatable bonds is 10. The highest BCUT2D eigenvalue weighted by atomic mass is 33.1. The predicted octanol–water partition coefficient (Wildman–Crippen LogP) is 4.79. The summed E-state index contributed by atoms with van der Waals surface area (Å²) in [5.41, 5.74) is 1.66. The lowest BCUT2D eigenvalue weighted by Gasteiger charge is -2.11. The summed E-state index contributed by atoms with van der Waals surface area (Å²) < 4.78 is 5.83. The molecule has 0 aliphatic heterocycles. The fraction of sp³-hybridized carbons (Fsp3) is 0.316. The number of hydrogen-bond acceptors (Lipinski definition) is 4. The Kier molecular flexibility index (Phi) is 8.63. The molecule has 3 nitrogen and oxygen atoms in total. The van der Waals surface area contributed by atoms with E-state index in [1.807, 2.05) is 59.3 Å². The molecule has 1 N–H and O–H groups in total. The lowest BCUT2D eigenvalue weighted by atomic mass is 10.2. The highest BCUT2D eigenvalue weighted by Gasteiger charge is 2.11. The molecule has 0 heterocycles. The van der Waals surface area contributed by atoms with E-state index < -0.39 is 0 Å². The van der Waals surface area contributed by atoms with E-state index >= 15 is 0 Å². The van der Waals surface area contributed by atoms with Gasteiger partial charge in [0.1, 0.15) is 12.4 Å². The van der Waals surface area contributed by atoms with Crippen LogP contribution in [0.5, 0.6) is 5.75 Å². The largest absolute Gasteiger partial charge is 0.488 e. The smallest absolute Gasteiger partial charge is 0.255 e. The number of ether oxygens (including phenoxy) is 1. The molecule has 2 aromatic carbocycles. The minimum Gasteiger partial charge on any atom is -0.488 e. The Morgan fingerprint density at radius 2 is 1.71 bits per heavy atom. The van der Waals surface area contributed by atoms with Gasteiger partial charge in [-0.2, -0.15) is 0 Å². The van der Waals surface area contributed by atoms with Gasteiger partial charge in [0.25, 0.3) is 5.91 Å². The van der Waals surface area contributed by atoms with Gasteiger partial charge in [-0.25, -0.2) is 0 Å². The third kappa shape index (κ3) is 6.49. The van der Waals surface area contributed by atoms with Gasteiger partial charge in [0, 0.05) is 18.1 Å². The Morgan fingerprint density at radius 1 is 1.00 bits per heavy atom. The van der Waals surface area contributed by atoms with Crippen molar-refractivity contribution in [3.05, 3.63) is 65.7 Å². The van der Waals surface area contributed by atoms with Crippen molar-refractivity contribution in [1.82, 2.24) is 5.32 Å². The molecule has 5 heteroatoms. The van der Waals surface area contributed by atoms with Crippen molar-refractivity contribution in [2.75, 3.05) is 18.1 Å². The van der Waals surface area contributed by atoms with Crippen LogP contribution in [-0.4, -0.2) is 24.0 Å². The van der Waals surface area contributed by atoms with Crippen molar-refractivity contribution in [1.29, 1.82) is 0 Å². The molecule has 0 saturated carbocycles. The first-order chi connectivity index (χ1) is 11.8. The monoisotopic (exact) mass is 361 g/mol. The molecule has 0 bridgehead atoms. The second kappa shape index (κ2) is 11.0. The maximum atomic E-state index is 12.4. The van der Waals surface area contributed by atoms with Crippen LogP contribution in [-0.2, 0) is 6.61 Å². The van der Waals surface area contributed by atoms with Crippen molar-refractivity contribution in [3.8, 4) is 5.75 Å². The van der Waals surface area contributed by atoms with Gasteiger partial charge >= 0.3 is 0 Å². The number of nitrogens with one attached hydrogen (secondary N) is 1. The van der Waals surface area contributed by atoms with Gasteiger partial charge in [0.05, 0.1) is 5.56 Å². The van der Waals surface area contributed by atoms with Gasteiger partial charge in [-0.1, -0.05) is 71.0 Å². The van der Waals surface area contributed by atoms with Gasteiger partial charge in [-0.05, 0) is 24.1 Å². The van der Waals surface area contributed by atoms with Crippen LogP contribution in [0.25, 0.3) is 0 Å². The number of para-hydroxylation sites is 1. The van der Waals surface area contributed by atoms with Crippen molar-refractivity contribution < 1.29 is 9.53 Å². The molecule has 0 fully saturated rings. The lowest BCUT2D eigenvalue weighted by Crippen LogP contribution is -2.26. The maximum Gasteiger partial charge on any atom is 0.255 e. The van der Waals surface area contributed by atoms with Crippen LogP contribution in [0.4, 0.5) is 0 Å². The summed E-state index contributed by atoms with van der Waals surface area (Å²) in [5.74, 6) is 2.59. The Hall–Kier alpha value is -1.59. The summed E-state index contributed by atoms with van der Waals surface area (Å²) in [5, 5.41) is 2.96. The quantitative estimate of drug-likeness (QED) is 0.488. The summed E-state index contributed by atoms with van der Waals surface area (Å²) in [6.45, 7) is 3.28. The average Bonchev–Trinajstić information content (AvgIpc) is 2.64. The van der Waals surface area contributed by atoms with E-state index in [0.29, 0.717) is 24.5 Å². The Balaban J connectivity index is 1.84. The maximum absolute atomic E-state index is 12.4. The zero-order chi connectivity index (χ0) is 17.0. The molecule has 24 heavy (non-hydrogen) atoms. The van der Waals surface area contributed by atoms with E-state index in [4.69, 9.17) is 4.74 Å². The Bertz CT molecular complexity index is 620. The van der Waals surface area contributed by atoms with E-state index in [0.717, 1.165) is 17.1 Å². The van der Waals surface area contributed by atoms with E-state index in [2.05, 4.69) is 12.2 Å². The third-order valence-corrected chi connectivity index (χ3v) is 5.82. The first-order valence-electron chi connectivity index (χ1n) is 8.09. The Morgan fingerprint density at radius 3 is 2.50 bits per heavy atom. The first kappa shape index (κ1) is 18.7. The standard InChI is InChI=1S/C19H23NO2S2/c1-2-13-23-24-14-12-20-19(21)17-10-6-7-11-18(17)22-15-16-8-4-3-5-9-16/h3-11H,2,12-15H2,1H3,(H,20,21). The SMILES string of the molecule is CCCSSCCNC(=O)c1ccccc1OCc1ccccc1. The number of carbonyl (C=O) groups is 1. The molecule has 2 rings (SSSR count). The van der Waals surface area contributed by atoms with E-state index in [1.54, 1.807) is 16.9 Å². The second-order valence-electron chi connectivity index (χ2n) is 5.17. The topological polar surface area (TPSA) is 38.3 Å². The van der Waals surface area contributed by atoms with Gasteiger partial charge in [-0.15, -0.1) is 0 Å². The van der Waals surface area contributed by atoms with Crippen LogP contribution in [0.1, 0.15) is 29.3 Å². The fourth-order valence-corrected chi connectivity index (χ4v) is 4.06. The van der Waals surface area contributed by atoms with E-state index in [1.165, 1.54) is 6.42 Å². The van der Waals surface area contributed by atoms with Gasteiger partial charge in [-0.3, -0.25) is 4.79 Å². The molecule has 0 unspecified atom stereocenters. The molecule has 0 aromatic heterocycles. The average molecular weight is 362 g/mol. The van der Waals surface area contributed by atoms with Crippen LogP contribution in [0.2, 0.25) is 0 Å². The molecule has 0 saturated heterocycles. The molecule has 1 amide bonds. The van der Waals surface area contributed by atoms with E-state index in [9.17, 15) is 4.79 Å². The normalized spacial score (nSPS) is 10.4. The summed E-state index contributed by atoms with van der Waals surface area (Å²) in [6.07, 6.45) is 1.18. The fourth-order valence-electron chi connectivity index (χ4n) is 2.02. The van der Waals surface area contributed by atoms with Crippen LogP contribution < -0.4 is 10.1 Å². The molecule has 0 atom stereocenters. The number of amides is 1. The highest BCUT2D eigenvalue weighted by molar-refractivity contribution is 8.76. The summed E-state index contributed by atoms with van der Waals surface area (Å²) >= 11 is 0. The molecule has 0 aliphatic carbocycles. The predicted molar refractivity (Wildman–Crippen MR) is 105 cm³/mol. The molecule has 128 valence electrons. The number of benzene rings is 2. The molecular weight excluding hydrogens is 338 g/mol. The number of carbonyl (C=O) groups excluding carboxylic acids is 1. The lowest BCUT2D eigenvalue weighted by molar-refractivity contribution is 0.0951. The minimum absolute atomic E-state index is 0.0836. The van der Waals surface area contributed by atoms with Crippen LogP contribution >= 0.6 is 21.6 Å². The molecule has 2 aromatic rings. The molecule has 0 aliphatic rings. The molecule has 0 radical (unpaired) electrons. The van der Waals surface area contributed by atoms with Gasteiger partial charge < -0.3 is 10.1 Å². The van der Waals surface area contributed by atoms with Crippen molar-refractivity contribution in [2.24, 2.45) is 0 Å². The van der Waals surface area contributed by atoms with Gasteiger partial charge in [0.2, 0.25) is 0 Å². The molecular formula is C19H23NO2S2. The van der Waals surface area contributed by atoms with Crippen LogP contribution in [0, 0.1) is 0 Å². The highest BCUT2D eigenvalue weighted by Crippen LogP contribution is 2.21.